The first-order valence-corrected chi connectivity index (χ1v) is 10.3. The van der Waals surface area contributed by atoms with Gasteiger partial charge < -0.3 is 10.2 Å². The maximum Gasteiger partial charge on any atom is 0.325 e. The highest BCUT2D eigenvalue weighted by Gasteiger charge is 2.52. The number of nitrogens with one attached hydrogen (secondary N) is 1. The summed E-state index contributed by atoms with van der Waals surface area (Å²) < 4.78 is 0.922. The van der Waals surface area contributed by atoms with Gasteiger partial charge in [0.15, 0.2) is 0 Å². The summed E-state index contributed by atoms with van der Waals surface area (Å²) in [6, 6.07) is 7.23. The average Bonchev–Trinajstić information content (AvgIpc) is 2.88. The lowest BCUT2D eigenvalue weighted by Gasteiger charge is -2.34. The molecule has 1 aliphatic heterocycles. The minimum Gasteiger partial charge on any atom is -0.340 e. The van der Waals surface area contributed by atoms with Crippen LogP contribution in [0.1, 0.15) is 44.6 Å². The molecule has 1 N–H and O–H groups in total. The third kappa shape index (κ3) is 4.03. The fourth-order valence-corrected chi connectivity index (χ4v) is 4.37. The van der Waals surface area contributed by atoms with Crippen LogP contribution in [0.5, 0.6) is 0 Å². The van der Waals surface area contributed by atoms with Crippen LogP contribution in [0.4, 0.5) is 4.79 Å². The number of carbonyl (C=O) groups is 3. The Morgan fingerprint density at radius 1 is 1.30 bits per heavy atom. The van der Waals surface area contributed by atoms with Crippen LogP contribution < -0.4 is 5.32 Å². The van der Waals surface area contributed by atoms with E-state index in [-0.39, 0.29) is 18.4 Å². The molecule has 0 bridgehead atoms. The predicted molar refractivity (Wildman–Crippen MR) is 106 cm³/mol. The molecule has 6 nitrogen and oxygen atoms in total. The van der Waals surface area contributed by atoms with E-state index in [1.54, 1.807) is 11.9 Å². The fraction of sp³-hybridized carbons (Fsp3) is 0.550. The Morgan fingerprint density at radius 2 is 1.96 bits per heavy atom. The van der Waals surface area contributed by atoms with Gasteiger partial charge in [0.25, 0.3) is 5.91 Å². The van der Waals surface area contributed by atoms with Crippen molar-refractivity contribution in [3.8, 4) is 0 Å². The van der Waals surface area contributed by atoms with Crippen molar-refractivity contribution in [3.63, 3.8) is 0 Å². The van der Waals surface area contributed by atoms with Crippen LogP contribution in [0.25, 0.3) is 0 Å². The maximum atomic E-state index is 12.9. The molecule has 0 aromatic heterocycles. The molecule has 0 unspecified atom stereocenters. The first-order chi connectivity index (χ1) is 12.9. The van der Waals surface area contributed by atoms with Gasteiger partial charge in [-0.2, -0.15) is 0 Å². The number of halogens is 1. The molecule has 1 spiro atoms. The van der Waals surface area contributed by atoms with Crippen LogP contribution in [-0.2, 0) is 16.1 Å². The van der Waals surface area contributed by atoms with Gasteiger partial charge in [-0.15, -0.1) is 0 Å². The van der Waals surface area contributed by atoms with Crippen molar-refractivity contribution in [2.75, 3.05) is 13.6 Å². The van der Waals surface area contributed by atoms with Gasteiger partial charge in [-0.3, -0.25) is 14.5 Å². The topological polar surface area (TPSA) is 69.7 Å². The van der Waals surface area contributed by atoms with Crippen molar-refractivity contribution < 1.29 is 14.4 Å². The highest BCUT2D eigenvalue weighted by atomic mass is 79.9. The van der Waals surface area contributed by atoms with Crippen LogP contribution in [-0.4, -0.2) is 46.8 Å². The molecule has 0 atom stereocenters. The molecule has 0 radical (unpaired) electrons. The van der Waals surface area contributed by atoms with Gasteiger partial charge in [-0.05, 0) is 43.2 Å². The Balaban J connectivity index is 1.63. The summed E-state index contributed by atoms with van der Waals surface area (Å²) in [5.74, 6) is 0.115. The second-order valence-electron chi connectivity index (χ2n) is 7.60. The van der Waals surface area contributed by atoms with Crippen molar-refractivity contribution in [1.29, 1.82) is 0 Å². The third-order valence-electron chi connectivity index (χ3n) is 5.87. The van der Waals surface area contributed by atoms with Gasteiger partial charge in [0.2, 0.25) is 5.91 Å². The molecule has 1 aliphatic carbocycles. The van der Waals surface area contributed by atoms with Gasteiger partial charge in [0, 0.05) is 18.1 Å². The van der Waals surface area contributed by atoms with Crippen LogP contribution >= 0.6 is 15.9 Å². The minimum atomic E-state index is -0.802. The largest absolute Gasteiger partial charge is 0.340 e. The van der Waals surface area contributed by atoms with Crippen LogP contribution in [0.3, 0.4) is 0 Å². The van der Waals surface area contributed by atoms with Gasteiger partial charge in [0.05, 0.1) is 0 Å². The number of likely N-dealkylation sites (N-methyl/N-ethyl adjacent to an activating group) is 1. The van der Waals surface area contributed by atoms with Crippen molar-refractivity contribution in [2.45, 2.75) is 51.1 Å². The number of nitrogens with zero attached hydrogens (tertiary/aromatic N) is 2. The number of amides is 4. The average molecular weight is 436 g/mol. The Kier molecular flexibility index (Phi) is 5.89. The van der Waals surface area contributed by atoms with Crippen molar-refractivity contribution >= 4 is 33.8 Å². The van der Waals surface area contributed by atoms with Crippen molar-refractivity contribution in [1.82, 2.24) is 15.1 Å². The summed E-state index contributed by atoms with van der Waals surface area (Å²) >= 11 is 3.47. The van der Waals surface area contributed by atoms with E-state index in [9.17, 15) is 14.4 Å². The lowest BCUT2D eigenvalue weighted by atomic mass is 9.75. The molecule has 2 fully saturated rings. The Hall–Kier alpha value is -1.89. The molecular weight excluding hydrogens is 410 g/mol. The van der Waals surface area contributed by atoms with E-state index in [1.807, 2.05) is 24.3 Å². The van der Waals surface area contributed by atoms with Crippen LogP contribution in [0.15, 0.2) is 28.7 Å². The van der Waals surface area contributed by atoms with E-state index in [0.29, 0.717) is 25.3 Å². The monoisotopic (exact) mass is 435 g/mol. The molecule has 1 heterocycles. The molecule has 27 heavy (non-hydrogen) atoms. The standard InChI is InChI=1S/C20H26BrN3O3/c1-3-14-8-10-20(11-9-14)18(26)24(19(27)22-20)13-17(25)23(2)12-15-6-4-5-7-16(15)21/h4-7,14H,3,8-13H2,1-2H3,(H,22,27). The SMILES string of the molecule is CCC1CCC2(CC1)NC(=O)N(CC(=O)N(C)Cc1ccccc1Br)C2=O. The number of hydrogen-bond acceptors (Lipinski definition) is 3. The fourth-order valence-electron chi connectivity index (χ4n) is 3.96. The Morgan fingerprint density at radius 3 is 2.59 bits per heavy atom. The molecule has 1 saturated heterocycles. The molecule has 3 rings (SSSR count). The van der Waals surface area contributed by atoms with Gasteiger partial charge >= 0.3 is 6.03 Å². The maximum absolute atomic E-state index is 12.9. The molecule has 1 aromatic rings. The highest BCUT2D eigenvalue weighted by Crippen LogP contribution is 2.37. The summed E-state index contributed by atoms with van der Waals surface area (Å²) in [7, 11) is 1.68. The molecule has 7 heteroatoms. The van der Waals surface area contributed by atoms with E-state index in [0.717, 1.165) is 34.2 Å². The molecule has 146 valence electrons. The van der Waals surface area contributed by atoms with Gasteiger partial charge in [0.1, 0.15) is 12.1 Å². The highest BCUT2D eigenvalue weighted by molar-refractivity contribution is 9.10. The number of urea groups is 1. The smallest absolute Gasteiger partial charge is 0.325 e. The number of imide groups is 1. The quantitative estimate of drug-likeness (QED) is 0.721. The Bertz CT molecular complexity index is 744. The van der Waals surface area contributed by atoms with E-state index in [2.05, 4.69) is 28.2 Å². The predicted octanol–water partition coefficient (Wildman–Crippen LogP) is 3.30. The second kappa shape index (κ2) is 8.00. The lowest BCUT2D eigenvalue weighted by Crippen LogP contribution is -2.50. The first-order valence-electron chi connectivity index (χ1n) is 9.48. The summed E-state index contributed by atoms with van der Waals surface area (Å²) in [5, 5.41) is 2.88. The summed E-state index contributed by atoms with van der Waals surface area (Å²) in [4.78, 5) is 40.6. The van der Waals surface area contributed by atoms with E-state index in [4.69, 9.17) is 0 Å². The zero-order valence-corrected chi connectivity index (χ0v) is 17.4. The van der Waals surface area contributed by atoms with Crippen LogP contribution in [0.2, 0.25) is 0 Å². The Labute approximate surface area is 168 Å². The van der Waals surface area contributed by atoms with E-state index < -0.39 is 11.6 Å². The zero-order chi connectivity index (χ0) is 19.6. The van der Waals surface area contributed by atoms with Crippen LogP contribution in [0, 0.1) is 5.92 Å². The number of rotatable bonds is 5. The minimum absolute atomic E-state index is 0.218. The molecular formula is C20H26BrN3O3. The second-order valence-corrected chi connectivity index (χ2v) is 8.45. The number of benzene rings is 1. The van der Waals surface area contributed by atoms with Crippen molar-refractivity contribution in [2.24, 2.45) is 5.92 Å². The molecule has 2 aliphatic rings. The molecule has 1 aromatic carbocycles. The normalized spacial score (nSPS) is 25.0. The number of carbonyl (C=O) groups excluding carboxylic acids is 3. The number of hydrogen-bond donors (Lipinski definition) is 1. The van der Waals surface area contributed by atoms with E-state index in [1.165, 1.54) is 0 Å². The van der Waals surface area contributed by atoms with Crippen molar-refractivity contribution in [3.05, 3.63) is 34.3 Å². The summed E-state index contributed by atoms with van der Waals surface area (Å²) in [6.07, 6.45) is 4.29. The van der Waals surface area contributed by atoms with Gasteiger partial charge in [-0.25, -0.2) is 4.79 Å². The zero-order valence-electron chi connectivity index (χ0n) is 15.8. The first kappa shape index (κ1) is 19.9. The van der Waals surface area contributed by atoms with E-state index >= 15 is 0 Å². The summed E-state index contributed by atoms with van der Waals surface area (Å²) in [6.45, 7) is 2.35. The lowest BCUT2D eigenvalue weighted by molar-refractivity contribution is -0.139. The third-order valence-corrected chi connectivity index (χ3v) is 6.64. The molecule has 4 amide bonds. The molecule has 1 saturated carbocycles. The van der Waals surface area contributed by atoms with Gasteiger partial charge in [-0.1, -0.05) is 47.5 Å². The summed E-state index contributed by atoms with van der Waals surface area (Å²) in [5.41, 5.74) is 0.171.